The standard InChI is InChI=1S/C16H19N3O4/c1-3-4-13-15(22)19(16(23)18-13)9-14(21)17-12-7-5-11(6-8-12)10(2)20/h5-8,13H,3-4,9H2,1-2H3,(H,17,21)(H,18,23)/t13-/m0/s1. The van der Waals surface area contributed by atoms with Gasteiger partial charge in [-0.3, -0.25) is 19.3 Å². The zero-order valence-corrected chi connectivity index (χ0v) is 13.1. The lowest BCUT2D eigenvalue weighted by atomic mass is 10.1. The van der Waals surface area contributed by atoms with Crippen molar-refractivity contribution in [3.05, 3.63) is 29.8 Å². The second kappa shape index (κ2) is 7.04. The highest BCUT2D eigenvalue weighted by atomic mass is 16.2. The van der Waals surface area contributed by atoms with Crippen LogP contribution in [0.2, 0.25) is 0 Å². The highest BCUT2D eigenvalue weighted by Gasteiger charge is 2.38. The average molecular weight is 317 g/mol. The molecule has 1 atom stereocenters. The summed E-state index contributed by atoms with van der Waals surface area (Å²) in [6.07, 6.45) is 1.31. The van der Waals surface area contributed by atoms with Gasteiger partial charge in [0.1, 0.15) is 12.6 Å². The van der Waals surface area contributed by atoms with E-state index in [2.05, 4.69) is 10.6 Å². The summed E-state index contributed by atoms with van der Waals surface area (Å²) in [5.41, 5.74) is 1.04. The number of carbonyl (C=O) groups excluding carboxylic acids is 4. The highest BCUT2D eigenvalue weighted by molar-refractivity contribution is 6.08. The number of hydrogen-bond donors (Lipinski definition) is 2. The van der Waals surface area contributed by atoms with Gasteiger partial charge >= 0.3 is 6.03 Å². The average Bonchev–Trinajstić information content (AvgIpc) is 2.76. The van der Waals surface area contributed by atoms with Crippen molar-refractivity contribution in [1.29, 1.82) is 0 Å². The van der Waals surface area contributed by atoms with Crippen LogP contribution in [0, 0.1) is 0 Å². The maximum Gasteiger partial charge on any atom is 0.325 e. The molecule has 0 unspecified atom stereocenters. The molecule has 4 amide bonds. The molecule has 1 saturated heterocycles. The van der Waals surface area contributed by atoms with E-state index < -0.39 is 18.0 Å². The van der Waals surface area contributed by atoms with Crippen molar-refractivity contribution in [1.82, 2.24) is 10.2 Å². The minimum atomic E-state index is -0.546. The second-order valence-electron chi connectivity index (χ2n) is 5.40. The van der Waals surface area contributed by atoms with Crippen molar-refractivity contribution in [3.8, 4) is 0 Å². The summed E-state index contributed by atoms with van der Waals surface area (Å²) in [5.74, 6) is -0.913. The Bertz CT molecular complexity index is 639. The molecule has 0 aliphatic carbocycles. The third-order valence-corrected chi connectivity index (χ3v) is 3.56. The number of carbonyl (C=O) groups is 4. The molecule has 1 aliphatic rings. The Morgan fingerprint density at radius 3 is 2.43 bits per heavy atom. The number of amides is 4. The second-order valence-corrected chi connectivity index (χ2v) is 5.40. The third kappa shape index (κ3) is 3.94. The van der Waals surface area contributed by atoms with Crippen molar-refractivity contribution in [2.75, 3.05) is 11.9 Å². The van der Waals surface area contributed by atoms with Gasteiger partial charge in [-0.25, -0.2) is 4.79 Å². The molecule has 1 fully saturated rings. The van der Waals surface area contributed by atoms with Gasteiger partial charge in [0.2, 0.25) is 5.91 Å². The third-order valence-electron chi connectivity index (χ3n) is 3.56. The minimum Gasteiger partial charge on any atom is -0.326 e. The molecule has 0 saturated carbocycles. The van der Waals surface area contributed by atoms with Crippen LogP contribution in [0.25, 0.3) is 0 Å². The Hall–Kier alpha value is -2.70. The minimum absolute atomic E-state index is 0.0656. The van der Waals surface area contributed by atoms with Gasteiger partial charge in [0.15, 0.2) is 5.78 Å². The molecular weight excluding hydrogens is 298 g/mol. The van der Waals surface area contributed by atoms with Crippen molar-refractivity contribution in [2.24, 2.45) is 0 Å². The van der Waals surface area contributed by atoms with E-state index in [0.29, 0.717) is 17.7 Å². The number of benzene rings is 1. The summed E-state index contributed by atoms with van der Waals surface area (Å²) in [7, 11) is 0. The van der Waals surface area contributed by atoms with Crippen LogP contribution < -0.4 is 10.6 Å². The molecule has 0 bridgehead atoms. The molecule has 1 aliphatic heterocycles. The molecule has 1 aromatic carbocycles. The van der Waals surface area contributed by atoms with Crippen LogP contribution >= 0.6 is 0 Å². The maximum atomic E-state index is 12.0. The first-order valence-corrected chi connectivity index (χ1v) is 7.45. The molecule has 0 radical (unpaired) electrons. The first-order chi connectivity index (χ1) is 10.9. The number of rotatable bonds is 6. The zero-order valence-electron chi connectivity index (χ0n) is 13.1. The predicted molar refractivity (Wildman–Crippen MR) is 84.0 cm³/mol. The largest absolute Gasteiger partial charge is 0.326 e. The van der Waals surface area contributed by atoms with E-state index in [-0.39, 0.29) is 18.2 Å². The number of ketones is 1. The summed E-state index contributed by atoms with van der Waals surface area (Å²) in [6.45, 7) is 3.04. The summed E-state index contributed by atoms with van der Waals surface area (Å²) < 4.78 is 0. The molecule has 23 heavy (non-hydrogen) atoms. The van der Waals surface area contributed by atoms with Crippen molar-refractivity contribution in [3.63, 3.8) is 0 Å². The number of anilines is 1. The van der Waals surface area contributed by atoms with Crippen LogP contribution in [0.3, 0.4) is 0 Å². The molecule has 7 nitrogen and oxygen atoms in total. The topological polar surface area (TPSA) is 95.6 Å². The SMILES string of the molecule is CCC[C@@H]1NC(=O)N(CC(=O)Nc2ccc(C(C)=O)cc2)C1=O. The van der Waals surface area contributed by atoms with E-state index in [1.54, 1.807) is 24.3 Å². The van der Waals surface area contributed by atoms with Gasteiger partial charge in [0, 0.05) is 11.3 Å². The first-order valence-electron chi connectivity index (χ1n) is 7.45. The molecule has 0 aromatic heterocycles. The molecule has 122 valence electrons. The van der Waals surface area contributed by atoms with Gasteiger partial charge in [-0.2, -0.15) is 0 Å². The van der Waals surface area contributed by atoms with Crippen molar-refractivity contribution >= 4 is 29.3 Å². The number of Topliss-reactive ketones (excluding diaryl/α,β-unsaturated/α-hetero) is 1. The van der Waals surface area contributed by atoms with Gasteiger partial charge in [-0.15, -0.1) is 0 Å². The Labute approximate surface area is 134 Å². The van der Waals surface area contributed by atoms with Gasteiger partial charge in [-0.1, -0.05) is 13.3 Å². The number of nitrogens with one attached hydrogen (secondary N) is 2. The van der Waals surface area contributed by atoms with Crippen LogP contribution in [0.4, 0.5) is 10.5 Å². The van der Waals surface area contributed by atoms with E-state index in [0.717, 1.165) is 11.3 Å². The van der Waals surface area contributed by atoms with Gasteiger partial charge in [0.05, 0.1) is 0 Å². The summed E-state index contributed by atoms with van der Waals surface area (Å²) in [5, 5.41) is 5.16. The summed E-state index contributed by atoms with van der Waals surface area (Å²) >= 11 is 0. The van der Waals surface area contributed by atoms with Crippen LogP contribution in [-0.2, 0) is 9.59 Å². The van der Waals surface area contributed by atoms with Crippen LogP contribution in [0.1, 0.15) is 37.0 Å². The van der Waals surface area contributed by atoms with Gasteiger partial charge in [0.25, 0.3) is 5.91 Å². The Morgan fingerprint density at radius 2 is 1.87 bits per heavy atom. The lowest BCUT2D eigenvalue weighted by Gasteiger charge is -2.13. The first kappa shape index (κ1) is 16.7. The fraction of sp³-hybridized carbons (Fsp3) is 0.375. The fourth-order valence-electron chi connectivity index (χ4n) is 2.34. The van der Waals surface area contributed by atoms with Gasteiger partial charge < -0.3 is 10.6 Å². The Kier molecular flexibility index (Phi) is 5.10. The summed E-state index contributed by atoms with van der Waals surface area (Å²) in [4.78, 5) is 47.9. The molecule has 0 spiro atoms. The molecule has 2 N–H and O–H groups in total. The molecule has 2 rings (SSSR count). The Balaban J connectivity index is 1.95. The zero-order chi connectivity index (χ0) is 17.0. The van der Waals surface area contributed by atoms with E-state index in [1.807, 2.05) is 6.92 Å². The number of hydrogen-bond acceptors (Lipinski definition) is 4. The van der Waals surface area contributed by atoms with Crippen LogP contribution in [-0.4, -0.2) is 41.1 Å². The molecule has 1 aromatic rings. The highest BCUT2D eigenvalue weighted by Crippen LogP contribution is 2.13. The van der Waals surface area contributed by atoms with Crippen LogP contribution in [0.5, 0.6) is 0 Å². The van der Waals surface area contributed by atoms with E-state index in [1.165, 1.54) is 6.92 Å². The number of nitrogens with zero attached hydrogens (tertiary/aromatic N) is 1. The normalized spacial score (nSPS) is 17.1. The number of imide groups is 1. The quantitative estimate of drug-likeness (QED) is 0.614. The van der Waals surface area contributed by atoms with E-state index in [4.69, 9.17) is 0 Å². The number of urea groups is 1. The van der Waals surface area contributed by atoms with Crippen LogP contribution in [0.15, 0.2) is 24.3 Å². The van der Waals surface area contributed by atoms with Crippen molar-refractivity contribution < 1.29 is 19.2 Å². The lowest BCUT2D eigenvalue weighted by Crippen LogP contribution is -2.38. The smallest absolute Gasteiger partial charge is 0.325 e. The maximum absolute atomic E-state index is 12.0. The Morgan fingerprint density at radius 1 is 1.22 bits per heavy atom. The molecule has 1 heterocycles. The molecular formula is C16H19N3O4. The predicted octanol–water partition coefficient (Wildman–Crippen LogP) is 1.55. The van der Waals surface area contributed by atoms with E-state index in [9.17, 15) is 19.2 Å². The van der Waals surface area contributed by atoms with Crippen molar-refractivity contribution in [2.45, 2.75) is 32.7 Å². The van der Waals surface area contributed by atoms with E-state index >= 15 is 0 Å². The summed E-state index contributed by atoms with van der Waals surface area (Å²) in [6, 6.07) is 5.30. The monoisotopic (exact) mass is 317 g/mol. The molecule has 7 heteroatoms. The lowest BCUT2D eigenvalue weighted by molar-refractivity contribution is -0.130. The fourth-order valence-corrected chi connectivity index (χ4v) is 2.34. The van der Waals surface area contributed by atoms with Gasteiger partial charge in [-0.05, 0) is 37.6 Å².